The molecule has 0 saturated carbocycles. The molecular formula is C21H22F3N3O. The van der Waals surface area contributed by atoms with E-state index in [-0.39, 0.29) is 0 Å². The second-order valence-corrected chi connectivity index (χ2v) is 6.43. The van der Waals surface area contributed by atoms with Crippen LogP contribution in [0, 0.1) is 0 Å². The molecule has 28 heavy (non-hydrogen) atoms. The van der Waals surface area contributed by atoms with Crippen molar-refractivity contribution in [2.75, 3.05) is 20.7 Å². The summed E-state index contributed by atoms with van der Waals surface area (Å²) in [6, 6.07) is 15.4. The molecule has 0 aliphatic heterocycles. The van der Waals surface area contributed by atoms with E-state index >= 15 is 0 Å². The van der Waals surface area contributed by atoms with Crippen LogP contribution in [0.15, 0.2) is 54.6 Å². The van der Waals surface area contributed by atoms with Crippen LogP contribution in [-0.2, 0) is 12.6 Å². The molecule has 0 amide bonds. The van der Waals surface area contributed by atoms with Crippen LogP contribution in [0.25, 0.3) is 16.9 Å². The number of nitrogens with zero attached hydrogens (tertiary/aromatic N) is 2. The van der Waals surface area contributed by atoms with Crippen molar-refractivity contribution in [3.8, 4) is 22.7 Å². The molecular weight excluding hydrogens is 367 g/mol. The lowest BCUT2D eigenvalue weighted by molar-refractivity contribution is -0.141. The Kier molecular flexibility index (Phi) is 6.04. The van der Waals surface area contributed by atoms with Crippen molar-refractivity contribution in [2.45, 2.75) is 19.0 Å². The Morgan fingerprint density at radius 2 is 1.71 bits per heavy atom. The van der Waals surface area contributed by atoms with Crippen LogP contribution in [0.1, 0.15) is 17.7 Å². The van der Waals surface area contributed by atoms with E-state index in [4.69, 9.17) is 4.74 Å². The number of hydrogen-bond acceptors (Lipinski definition) is 3. The summed E-state index contributed by atoms with van der Waals surface area (Å²) < 4.78 is 46.2. The Balaban J connectivity index is 1.97. The van der Waals surface area contributed by atoms with E-state index in [2.05, 4.69) is 10.4 Å². The van der Waals surface area contributed by atoms with Crippen LogP contribution >= 0.6 is 0 Å². The highest BCUT2D eigenvalue weighted by atomic mass is 19.4. The van der Waals surface area contributed by atoms with Crippen LogP contribution in [0.3, 0.4) is 0 Å². The van der Waals surface area contributed by atoms with Crippen molar-refractivity contribution >= 4 is 0 Å². The summed E-state index contributed by atoms with van der Waals surface area (Å²) in [6.45, 7) is 0.918. The lowest BCUT2D eigenvalue weighted by Gasteiger charge is -2.09. The second-order valence-electron chi connectivity index (χ2n) is 6.43. The Hall–Kier alpha value is -2.80. The molecule has 7 heteroatoms. The number of ether oxygens (including phenoxy) is 1. The minimum Gasteiger partial charge on any atom is -0.497 e. The van der Waals surface area contributed by atoms with Gasteiger partial charge in [0.25, 0.3) is 0 Å². The minimum atomic E-state index is -4.51. The van der Waals surface area contributed by atoms with E-state index in [0.717, 1.165) is 31.0 Å². The number of nitrogens with one attached hydrogen (secondary N) is 1. The highest BCUT2D eigenvalue weighted by Gasteiger charge is 2.35. The zero-order valence-corrected chi connectivity index (χ0v) is 15.8. The van der Waals surface area contributed by atoms with E-state index in [9.17, 15) is 13.2 Å². The van der Waals surface area contributed by atoms with E-state index in [1.807, 2.05) is 31.3 Å². The van der Waals surface area contributed by atoms with Gasteiger partial charge in [-0.25, -0.2) is 4.68 Å². The first-order chi connectivity index (χ1) is 13.4. The quantitative estimate of drug-likeness (QED) is 0.595. The lowest BCUT2D eigenvalue weighted by Crippen LogP contribution is -2.08. The third-order valence-corrected chi connectivity index (χ3v) is 4.46. The zero-order valence-electron chi connectivity index (χ0n) is 15.8. The van der Waals surface area contributed by atoms with Crippen LogP contribution in [-0.4, -0.2) is 30.5 Å². The molecule has 0 bridgehead atoms. The molecule has 0 aliphatic carbocycles. The summed E-state index contributed by atoms with van der Waals surface area (Å²) in [5.74, 6) is 0.624. The summed E-state index contributed by atoms with van der Waals surface area (Å²) >= 11 is 0. The minimum absolute atomic E-state index is 0.388. The van der Waals surface area contributed by atoms with E-state index in [1.165, 1.54) is 11.8 Å². The summed E-state index contributed by atoms with van der Waals surface area (Å²) in [5.41, 5.74) is 1.82. The van der Waals surface area contributed by atoms with Crippen LogP contribution in [0.4, 0.5) is 13.2 Å². The van der Waals surface area contributed by atoms with Crippen LogP contribution in [0.2, 0.25) is 0 Å². The van der Waals surface area contributed by atoms with Crippen molar-refractivity contribution in [1.82, 2.24) is 15.1 Å². The molecule has 0 spiro atoms. The third-order valence-electron chi connectivity index (χ3n) is 4.46. The Morgan fingerprint density at radius 3 is 2.29 bits per heavy atom. The maximum absolute atomic E-state index is 13.3. The van der Waals surface area contributed by atoms with Crippen molar-refractivity contribution in [2.24, 2.45) is 0 Å². The van der Waals surface area contributed by atoms with Gasteiger partial charge in [-0.05, 0) is 62.3 Å². The van der Waals surface area contributed by atoms with Gasteiger partial charge in [0, 0.05) is 5.56 Å². The number of rotatable bonds is 7. The Morgan fingerprint density at radius 1 is 1.04 bits per heavy atom. The summed E-state index contributed by atoms with van der Waals surface area (Å²) in [5, 5.41) is 6.91. The molecule has 2 aromatic carbocycles. The first-order valence-corrected chi connectivity index (χ1v) is 8.98. The molecule has 0 radical (unpaired) electrons. The van der Waals surface area contributed by atoms with Gasteiger partial charge in [-0.1, -0.05) is 24.3 Å². The smallest absolute Gasteiger partial charge is 0.435 e. The van der Waals surface area contributed by atoms with Gasteiger partial charge in [-0.3, -0.25) is 0 Å². The van der Waals surface area contributed by atoms with Crippen molar-refractivity contribution in [1.29, 1.82) is 0 Å². The van der Waals surface area contributed by atoms with Gasteiger partial charge in [0.15, 0.2) is 5.69 Å². The topological polar surface area (TPSA) is 39.1 Å². The lowest BCUT2D eigenvalue weighted by atomic mass is 10.1. The molecule has 0 aliphatic rings. The van der Waals surface area contributed by atoms with E-state index in [0.29, 0.717) is 22.7 Å². The molecule has 1 aromatic heterocycles. The standard InChI is InChI=1S/C21H22F3N3O/c1-25-13-3-4-15-5-7-16(8-6-15)19-14-20(21(22,23)24)26-27(19)17-9-11-18(28-2)12-10-17/h5-12,14,25H,3-4,13H2,1-2H3. The van der Waals surface area contributed by atoms with Gasteiger partial charge in [0.2, 0.25) is 0 Å². The van der Waals surface area contributed by atoms with E-state index in [1.54, 1.807) is 24.3 Å². The summed E-state index contributed by atoms with van der Waals surface area (Å²) in [7, 11) is 3.44. The summed E-state index contributed by atoms with van der Waals surface area (Å²) in [6.07, 6.45) is -2.61. The number of alkyl halides is 3. The molecule has 3 rings (SSSR count). The number of aromatic nitrogens is 2. The molecule has 0 unspecified atom stereocenters. The van der Waals surface area contributed by atoms with Gasteiger partial charge < -0.3 is 10.1 Å². The van der Waals surface area contributed by atoms with Gasteiger partial charge in [-0.2, -0.15) is 18.3 Å². The van der Waals surface area contributed by atoms with Gasteiger partial charge in [0.05, 0.1) is 18.5 Å². The normalized spacial score (nSPS) is 11.6. The van der Waals surface area contributed by atoms with Gasteiger partial charge >= 0.3 is 6.18 Å². The molecule has 4 nitrogen and oxygen atoms in total. The van der Waals surface area contributed by atoms with E-state index < -0.39 is 11.9 Å². The molecule has 0 fully saturated rings. The average Bonchev–Trinajstić information content (AvgIpc) is 3.15. The fourth-order valence-corrected chi connectivity index (χ4v) is 2.96. The number of hydrogen-bond donors (Lipinski definition) is 1. The van der Waals surface area contributed by atoms with Gasteiger partial charge in [-0.15, -0.1) is 0 Å². The van der Waals surface area contributed by atoms with Crippen molar-refractivity contribution < 1.29 is 17.9 Å². The number of halogens is 3. The molecule has 0 atom stereocenters. The second kappa shape index (κ2) is 8.48. The predicted octanol–water partition coefficient (Wildman–Crippen LogP) is 4.72. The monoisotopic (exact) mass is 389 g/mol. The Labute approximate surface area is 162 Å². The number of aryl methyl sites for hydroxylation is 1. The zero-order chi connectivity index (χ0) is 20.1. The first-order valence-electron chi connectivity index (χ1n) is 8.98. The fourth-order valence-electron chi connectivity index (χ4n) is 2.96. The van der Waals surface area contributed by atoms with Crippen molar-refractivity contribution in [3.63, 3.8) is 0 Å². The SMILES string of the molecule is CNCCCc1ccc(-c2cc(C(F)(F)F)nn2-c2ccc(OC)cc2)cc1. The largest absolute Gasteiger partial charge is 0.497 e. The highest BCUT2D eigenvalue weighted by molar-refractivity contribution is 5.63. The predicted molar refractivity (Wildman–Crippen MR) is 103 cm³/mol. The molecule has 0 saturated heterocycles. The fraction of sp³-hybridized carbons (Fsp3) is 0.286. The molecule has 1 N–H and O–H groups in total. The van der Waals surface area contributed by atoms with Gasteiger partial charge in [0.1, 0.15) is 5.75 Å². The average molecular weight is 389 g/mol. The molecule has 148 valence electrons. The molecule has 3 aromatic rings. The number of benzene rings is 2. The number of methoxy groups -OCH3 is 1. The maximum atomic E-state index is 13.3. The third kappa shape index (κ3) is 4.54. The first kappa shape index (κ1) is 19.9. The van der Waals surface area contributed by atoms with Crippen LogP contribution in [0.5, 0.6) is 5.75 Å². The molecule has 1 heterocycles. The van der Waals surface area contributed by atoms with Crippen molar-refractivity contribution in [3.05, 3.63) is 65.9 Å². The summed E-state index contributed by atoms with van der Waals surface area (Å²) in [4.78, 5) is 0. The highest BCUT2D eigenvalue weighted by Crippen LogP contribution is 2.33. The maximum Gasteiger partial charge on any atom is 0.435 e. The Bertz CT molecular complexity index is 900. The van der Waals surface area contributed by atoms with Crippen LogP contribution < -0.4 is 10.1 Å².